The number of nitrogens with one attached hydrogen (secondary N) is 2. The number of benzene rings is 1. The lowest BCUT2D eigenvalue weighted by Gasteiger charge is -2.13. The summed E-state index contributed by atoms with van der Waals surface area (Å²) in [5, 5.41) is 6.29. The van der Waals surface area contributed by atoms with Crippen LogP contribution in [0.1, 0.15) is 47.6 Å². The molecule has 23 heavy (non-hydrogen) atoms. The van der Waals surface area contributed by atoms with Crippen molar-refractivity contribution in [1.29, 1.82) is 0 Å². The first-order valence-electron chi connectivity index (χ1n) is 8.10. The van der Waals surface area contributed by atoms with E-state index < -0.39 is 0 Å². The molecule has 1 fully saturated rings. The molecule has 0 aliphatic heterocycles. The number of carbonyl (C=O) groups is 1. The first kappa shape index (κ1) is 15.5. The Morgan fingerprint density at radius 2 is 1.78 bits per heavy atom. The number of anilines is 2. The van der Waals surface area contributed by atoms with Crippen LogP contribution in [-0.2, 0) is 0 Å². The molecule has 0 saturated heterocycles. The van der Waals surface area contributed by atoms with Gasteiger partial charge < -0.3 is 10.6 Å². The van der Waals surface area contributed by atoms with Crippen molar-refractivity contribution >= 4 is 17.4 Å². The molecule has 0 atom stereocenters. The first-order chi connectivity index (χ1) is 11.1. The molecule has 5 nitrogen and oxygen atoms in total. The zero-order valence-electron chi connectivity index (χ0n) is 13.6. The number of nitrogens with zero attached hydrogens (tertiary/aromatic N) is 2. The predicted molar refractivity (Wildman–Crippen MR) is 91.0 cm³/mol. The Kier molecular flexibility index (Phi) is 4.55. The third kappa shape index (κ3) is 4.06. The van der Waals surface area contributed by atoms with Gasteiger partial charge in [0, 0.05) is 17.8 Å². The van der Waals surface area contributed by atoms with Crippen LogP contribution in [0.15, 0.2) is 30.3 Å². The maximum Gasteiger partial charge on any atom is 0.270 e. The smallest absolute Gasteiger partial charge is 0.270 e. The van der Waals surface area contributed by atoms with E-state index in [2.05, 4.69) is 20.6 Å². The maximum absolute atomic E-state index is 12.4. The first-order valence-corrected chi connectivity index (χ1v) is 8.10. The van der Waals surface area contributed by atoms with Crippen molar-refractivity contribution in [2.24, 2.45) is 0 Å². The van der Waals surface area contributed by atoms with Gasteiger partial charge in [-0.1, -0.05) is 30.5 Å². The van der Waals surface area contributed by atoms with Crippen LogP contribution in [0.4, 0.5) is 11.5 Å². The van der Waals surface area contributed by atoms with Crippen molar-refractivity contribution in [3.8, 4) is 0 Å². The molecule has 2 aromatic rings. The second-order valence-corrected chi connectivity index (χ2v) is 6.13. The Morgan fingerprint density at radius 1 is 1.09 bits per heavy atom. The summed E-state index contributed by atoms with van der Waals surface area (Å²) in [5.74, 6) is 1.10. The third-order valence-electron chi connectivity index (χ3n) is 4.08. The molecule has 1 heterocycles. The number of carbonyl (C=O) groups excluding carboxylic acids is 1. The lowest BCUT2D eigenvalue weighted by Crippen LogP contribution is -2.33. The molecule has 1 aliphatic rings. The Morgan fingerprint density at radius 3 is 2.48 bits per heavy atom. The normalized spacial score (nSPS) is 14.7. The molecule has 1 saturated carbocycles. The SMILES string of the molecule is Cc1ccc(Nc2cc(C(=O)NC3CCCC3)nc(C)n2)cc1. The number of aryl methyl sites for hydroxylation is 2. The zero-order valence-corrected chi connectivity index (χ0v) is 13.6. The average molecular weight is 310 g/mol. The zero-order chi connectivity index (χ0) is 16.2. The van der Waals surface area contributed by atoms with Gasteiger partial charge in [-0.15, -0.1) is 0 Å². The van der Waals surface area contributed by atoms with E-state index in [-0.39, 0.29) is 11.9 Å². The van der Waals surface area contributed by atoms with Crippen molar-refractivity contribution < 1.29 is 4.79 Å². The molecule has 0 radical (unpaired) electrons. The van der Waals surface area contributed by atoms with E-state index in [1.807, 2.05) is 31.2 Å². The van der Waals surface area contributed by atoms with Crippen LogP contribution in [0.3, 0.4) is 0 Å². The fraction of sp³-hybridized carbons (Fsp3) is 0.389. The lowest BCUT2D eigenvalue weighted by molar-refractivity contribution is 0.0932. The molecule has 120 valence electrons. The Bertz CT molecular complexity index is 691. The molecule has 0 spiro atoms. The van der Waals surface area contributed by atoms with E-state index in [1.54, 1.807) is 13.0 Å². The van der Waals surface area contributed by atoms with Crippen LogP contribution in [-0.4, -0.2) is 21.9 Å². The minimum absolute atomic E-state index is 0.116. The summed E-state index contributed by atoms with van der Waals surface area (Å²) in [4.78, 5) is 21.0. The minimum Gasteiger partial charge on any atom is -0.348 e. The van der Waals surface area contributed by atoms with Gasteiger partial charge in [-0.3, -0.25) is 4.79 Å². The van der Waals surface area contributed by atoms with Gasteiger partial charge in [0.1, 0.15) is 17.3 Å². The van der Waals surface area contributed by atoms with Crippen LogP contribution >= 0.6 is 0 Å². The van der Waals surface area contributed by atoms with Crippen molar-refractivity contribution in [2.75, 3.05) is 5.32 Å². The van der Waals surface area contributed by atoms with Crippen molar-refractivity contribution in [1.82, 2.24) is 15.3 Å². The van der Waals surface area contributed by atoms with E-state index >= 15 is 0 Å². The van der Waals surface area contributed by atoms with Gasteiger partial charge in [-0.25, -0.2) is 9.97 Å². The number of hydrogen-bond donors (Lipinski definition) is 2. The van der Waals surface area contributed by atoms with Gasteiger partial charge in [0.2, 0.25) is 0 Å². The molecular formula is C18H22N4O. The largest absolute Gasteiger partial charge is 0.348 e. The van der Waals surface area contributed by atoms with E-state index in [0.29, 0.717) is 17.3 Å². The van der Waals surface area contributed by atoms with Crippen molar-refractivity contribution in [2.45, 2.75) is 45.6 Å². The number of rotatable bonds is 4. The van der Waals surface area contributed by atoms with Crippen LogP contribution in [0.2, 0.25) is 0 Å². The fourth-order valence-electron chi connectivity index (χ4n) is 2.86. The summed E-state index contributed by atoms with van der Waals surface area (Å²) < 4.78 is 0. The van der Waals surface area contributed by atoms with Crippen LogP contribution in [0, 0.1) is 13.8 Å². The highest BCUT2D eigenvalue weighted by molar-refractivity contribution is 5.93. The van der Waals surface area contributed by atoms with Gasteiger partial charge >= 0.3 is 0 Å². The van der Waals surface area contributed by atoms with E-state index in [9.17, 15) is 4.79 Å². The predicted octanol–water partition coefficient (Wildman–Crippen LogP) is 3.51. The summed E-state index contributed by atoms with van der Waals surface area (Å²) in [5.41, 5.74) is 2.56. The molecule has 0 bridgehead atoms. The molecule has 5 heteroatoms. The summed E-state index contributed by atoms with van der Waals surface area (Å²) in [6.07, 6.45) is 4.50. The van der Waals surface area contributed by atoms with Crippen molar-refractivity contribution in [3.63, 3.8) is 0 Å². The summed E-state index contributed by atoms with van der Waals surface area (Å²) >= 11 is 0. The van der Waals surface area contributed by atoms with Gasteiger partial charge in [-0.2, -0.15) is 0 Å². The van der Waals surface area contributed by atoms with Crippen LogP contribution in [0.5, 0.6) is 0 Å². The minimum atomic E-state index is -0.116. The number of aromatic nitrogens is 2. The highest BCUT2D eigenvalue weighted by Gasteiger charge is 2.19. The number of hydrogen-bond acceptors (Lipinski definition) is 4. The lowest BCUT2D eigenvalue weighted by atomic mass is 10.2. The average Bonchev–Trinajstić information content (AvgIpc) is 3.02. The second-order valence-electron chi connectivity index (χ2n) is 6.13. The Balaban J connectivity index is 1.75. The Hall–Kier alpha value is -2.43. The van der Waals surface area contributed by atoms with Crippen LogP contribution in [0.25, 0.3) is 0 Å². The van der Waals surface area contributed by atoms with Gasteiger partial charge in [0.25, 0.3) is 5.91 Å². The van der Waals surface area contributed by atoms with Crippen LogP contribution < -0.4 is 10.6 Å². The molecule has 2 N–H and O–H groups in total. The highest BCUT2D eigenvalue weighted by atomic mass is 16.1. The standard InChI is InChI=1S/C18H22N4O/c1-12-7-9-15(10-8-12)21-17-11-16(19-13(2)20-17)18(23)22-14-5-3-4-6-14/h7-11,14H,3-6H2,1-2H3,(H,22,23)(H,19,20,21). The molecule has 1 amide bonds. The summed E-state index contributed by atoms with van der Waals surface area (Å²) in [7, 11) is 0. The monoisotopic (exact) mass is 310 g/mol. The topological polar surface area (TPSA) is 66.9 Å². The molecule has 3 rings (SSSR count). The maximum atomic E-state index is 12.4. The molecule has 1 aromatic heterocycles. The second kappa shape index (κ2) is 6.77. The molecule has 1 aliphatic carbocycles. The quantitative estimate of drug-likeness (QED) is 0.907. The summed E-state index contributed by atoms with van der Waals surface area (Å²) in [6.45, 7) is 3.84. The van der Waals surface area contributed by atoms with E-state index in [0.717, 1.165) is 18.5 Å². The Labute approximate surface area is 136 Å². The van der Waals surface area contributed by atoms with Gasteiger partial charge in [0.05, 0.1) is 0 Å². The highest BCUT2D eigenvalue weighted by Crippen LogP contribution is 2.19. The van der Waals surface area contributed by atoms with E-state index in [4.69, 9.17) is 0 Å². The fourth-order valence-corrected chi connectivity index (χ4v) is 2.86. The third-order valence-corrected chi connectivity index (χ3v) is 4.08. The molecular weight excluding hydrogens is 288 g/mol. The van der Waals surface area contributed by atoms with Gasteiger partial charge in [0.15, 0.2) is 0 Å². The molecule has 0 unspecified atom stereocenters. The molecule has 1 aromatic carbocycles. The number of amides is 1. The van der Waals surface area contributed by atoms with Gasteiger partial charge in [-0.05, 0) is 38.8 Å². The van der Waals surface area contributed by atoms with Crippen molar-refractivity contribution in [3.05, 3.63) is 47.4 Å². The summed E-state index contributed by atoms with van der Waals surface area (Å²) in [6, 6.07) is 10.0. The van der Waals surface area contributed by atoms with E-state index in [1.165, 1.54) is 18.4 Å².